The topological polar surface area (TPSA) is 86.1 Å². The average molecular weight is 321 g/mol. The molecular formula is C16H23N3O4. The van der Waals surface area contributed by atoms with Crippen LogP contribution in [0.1, 0.15) is 22.6 Å². The van der Waals surface area contributed by atoms with Gasteiger partial charge in [-0.15, -0.1) is 0 Å². The van der Waals surface area contributed by atoms with Crippen molar-refractivity contribution in [1.29, 1.82) is 0 Å². The number of aromatic carboxylic acids is 1. The molecule has 0 saturated carbocycles. The fourth-order valence-corrected chi connectivity index (χ4v) is 3.28. The smallest absolute Gasteiger partial charge is 0.354 e. The lowest BCUT2D eigenvalue weighted by molar-refractivity contribution is 0.0690. The molecule has 2 saturated heterocycles. The van der Waals surface area contributed by atoms with Crippen LogP contribution in [0.2, 0.25) is 0 Å². The van der Waals surface area contributed by atoms with E-state index in [4.69, 9.17) is 9.84 Å². The second-order valence-corrected chi connectivity index (χ2v) is 6.16. The highest BCUT2D eigenvalue weighted by Gasteiger charge is 2.32. The molecule has 0 amide bonds. The molecule has 3 rings (SSSR count). The predicted molar refractivity (Wildman–Crippen MR) is 83.3 cm³/mol. The van der Waals surface area contributed by atoms with Crippen LogP contribution in [-0.4, -0.2) is 82.5 Å². The number of hydrogen-bond acceptors (Lipinski definition) is 6. The van der Waals surface area contributed by atoms with Gasteiger partial charge in [0, 0.05) is 19.6 Å². The van der Waals surface area contributed by atoms with Crippen LogP contribution in [0.3, 0.4) is 0 Å². The Morgan fingerprint density at radius 3 is 2.87 bits per heavy atom. The normalized spacial score (nSPS) is 27.0. The van der Waals surface area contributed by atoms with Gasteiger partial charge in [0.25, 0.3) is 0 Å². The van der Waals surface area contributed by atoms with E-state index in [9.17, 15) is 9.90 Å². The SMILES string of the molecule is O=C(O)c1cccc(CN2CCCN([C@H]3COC[C@@H]3O)CC2)n1. The summed E-state index contributed by atoms with van der Waals surface area (Å²) in [6, 6.07) is 5.21. The highest BCUT2D eigenvalue weighted by atomic mass is 16.5. The van der Waals surface area contributed by atoms with Crippen molar-refractivity contribution in [2.75, 3.05) is 39.4 Å². The van der Waals surface area contributed by atoms with E-state index in [1.54, 1.807) is 6.07 Å². The zero-order valence-corrected chi connectivity index (χ0v) is 13.1. The zero-order chi connectivity index (χ0) is 16.2. The van der Waals surface area contributed by atoms with Crippen molar-refractivity contribution < 1.29 is 19.7 Å². The highest BCUT2D eigenvalue weighted by molar-refractivity contribution is 5.85. The van der Waals surface area contributed by atoms with E-state index in [-0.39, 0.29) is 11.7 Å². The maximum Gasteiger partial charge on any atom is 0.354 e. The molecule has 0 aliphatic carbocycles. The molecule has 0 aromatic carbocycles. The Morgan fingerprint density at radius 1 is 1.26 bits per heavy atom. The lowest BCUT2D eigenvalue weighted by Crippen LogP contribution is -2.44. The molecule has 2 atom stereocenters. The lowest BCUT2D eigenvalue weighted by Gasteiger charge is -2.28. The van der Waals surface area contributed by atoms with Crippen LogP contribution in [0.15, 0.2) is 18.2 Å². The molecule has 2 N–H and O–H groups in total. The highest BCUT2D eigenvalue weighted by Crippen LogP contribution is 2.16. The Kier molecular flexibility index (Phi) is 5.22. The Bertz CT molecular complexity index is 554. The van der Waals surface area contributed by atoms with Crippen LogP contribution < -0.4 is 0 Å². The van der Waals surface area contributed by atoms with Crippen LogP contribution in [0.4, 0.5) is 0 Å². The van der Waals surface area contributed by atoms with E-state index in [1.807, 2.05) is 6.07 Å². The third-order valence-electron chi connectivity index (χ3n) is 4.52. The minimum absolute atomic E-state index is 0.0881. The van der Waals surface area contributed by atoms with E-state index in [0.717, 1.165) is 38.3 Å². The Labute approximate surface area is 135 Å². The number of carboxylic acids is 1. The molecule has 0 spiro atoms. The van der Waals surface area contributed by atoms with Gasteiger partial charge in [-0.2, -0.15) is 0 Å². The van der Waals surface area contributed by atoms with E-state index in [0.29, 0.717) is 19.8 Å². The second-order valence-electron chi connectivity index (χ2n) is 6.16. The summed E-state index contributed by atoms with van der Waals surface area (Å²) in [5.74, 6) is -0.996. The first-order valence-electron chi connectivity index (χ1n) is 8.05. The molecule has 2 aliphatic rings. The first kappa shape index (κ1) is 16.3. The number of carbonyl (C=O) groups is 1. The number of nitrogens with zero attached hydrogens (tertiary/aromatic N) is 3. The summed E-state index contributed by atoms with van der Waals surface area (Å²) in [6.45, 7) is 5.33. The summed E-state index contributed by atoms with van der Waals surface area (Å²) in [4.78, 5) is 19.8. The molecular weight excluding hydrogens is 298 g/mol. The number of aromatic nitrogens is 1. The first-order valence-corrected chi connectivity index (χ1v) is 8.05. The first-order chi connectivity index (χ1) is 11.1. The maximum absolute atomic E-state index is 11.0. The molecule has 1 aromatic heterocycles. The van der Waals surface area contributed by atoms with Crippen LogP contribution in [0.5, 0.6) is 0 Å². The summed E-state index contributed by atoms with van der Waals surface area (Å²) in [6.07, 6.45) is 0.623. The van der Waals surface area contributed by atoms with Crippen molar-refractivity contribution in [2.24, 2.45) is 0 Å². The van der Waals surface area contributed by atoms with Gasteiger partial charge in [-0.3, -0.25) is 9.80 Å². The molecule has 0 radical (unpaired) electrons. The van der Waals surface area contributed by atoms with E-state index in [2.05, 4.69) is 14.8 Å². The monoisotopic (exact) mass is 321 g/mol. The van der Waals surface area contributed by atoms with Crippen molar-refractivity contribution in [3.63, 3.8) is 0 Å². The summed E-state index contributed by atoms with van der Waals surface area (Å²) in [5, 5.41) is 19.0. The summed E-state index contributed by atoms with van der Waals surface area (Å²) >= 11 is 0. The average Bonchev–Trinajstić information content (AvgIpc) is 2.83. The second kappa shape index (κ2) is 7.35. The van der Waals surface area contributed by atoms with Gasteiger partial charge in [0.15, 0.2) is 0 Å². The van der Waals surface area contributed by atoms with Crippen LogP contribution >= 0.6 is 0 Å². The van der Waals surface area contributed by atoms with Crippen molar-refractivity contribution in [2.45, 2.75) is 25.1 Å². The lowest BCUT2D eigenvalue weighted by atomic mass is 10.2. The summed E-state index contributed by atoms with van der Waals surface area (Å²) in [5.41, 5.74) is 0.868. The fourth-order valence-electron chi connectivity index (χ4n) is 3.28. The molecule has 7 heteroatoms. The number of aliphatic hydroxyl groups excluding tert-OH is 1. The third kappa shape index (κ3) is 4.06. The number of hydrogen-bond donors (Lipinski definition) is 2. The van der Waals surface area contributed by atoms with Gasteiger partial charge in [0.2, 0.25) is 0 Å². The molecule has 23 heavy (non-hydrogen) atoms. The van der Waals surface area contributed by atoms with Crippen LogP contribution in [0, 0.1) is 0 Å². The van der Waals surface area contributed by atoms with E-state index >= 15 is 0 Å². The van der Waals surface area contributed by atoms with E-state index < -0.39 is 12.1 Å². The third-order valence-corrected chi connectivity index (χ3v) is 4.52. The van der Waals surface area contributed by atoms with Gasteiger partial charge in [0.05, 0.1) is 31.1 Å². The molecule has 126 valence electrons. The number of ether oxygens (including phenoxy) is 1. The zero-order valence-electron chi connectivity index (χ0n) is 13.1. The van der Waals surface area contributed by atoms with Crippen molar-refractivity contribution in [3.8, 4) is 0 Å². The van der Waals surface area contributed by atoms with E-state index in [1.165, 1.54) is 6.07 Å². The van der Waals surface area contributed by atoms with Crippen molar-refractivity contribution in [1.82, 2.24) is 14.8 Å². The largest absolute Gasteiger partial charge is 0.477 e. The Balaban J connectivity index is 1.58. The summed E-state index contributed by atoms with van der Waals surface area (Å²) < 4.78 is 5.35. The van der Waals surface area contributed by atoms with Crippen LogP contribution in [0.25, 0.3) is 0 Å². The van der Waals surface area contributed by atoms with Crippen molar-refractivity contribution in [3.05, 3.63) is 29.6 Å². The molecule has 0 bridgehead atoms. The van der Waals surface area contributed by atoms with Crippen LogP contribution in [-0.2, 0) is 11.3 Å². The van der Waals surface area contributed by atoms with Gasteiger partial charge in [-0.1, -0.05) is 6.07 Å². The quantitative estimate of drug-likeness (QED) is 0.810. The van der Waals surface area contributed by atoms with Gasteiger partial charge < -0.3 is 14.9 Å². The number of carboxylic acid groups (broad SMARTS) is 1. The standard InChI is InChI=1S/C16H23N3O4/c20-15-11-23-10-14(15)19-6-2-5-18(7-8-19)9-12-3-1-4-13(17-12)16(21)22/h1,3-4,14-15,20H,2,5-11H2,(H,21,22)/t14-,15-/m0/s1. The maximum atomic E-state index is 11.0. The molecule has 2 fully saturated rings. The molecule has 0 unspecified atom stereocenters. The van der Waals surface area contributed by atoms with Gasteiger partial charge in [0.1, 0.15) is 5.69 Å². The van der Waals surface area contributed by atoms with Crippen molar-refractivity contribution >= 4 is 5.97 Å². The minimum Gasteiger partial charge on any atom is -0.477 e. The molecule has 3 heterocycles. The fraction of sp³-hybridized carbons (Fsp3) is 0.625. The minimum atomic E-state index is -0.996. The predicted octanol–water partition coefficient (Wildman–Crippen LogP) is 0.0472. The summed E-state index contributed by atoms with van der Waals surface area (Å²) in [7, 11) is 0. The van der Waals surface area contributed by atoms with Gasteiger partial charge in [-0.05, 0) is 31.6 Å². The number of aliphatic hydroxyl groups is 1. The molecule has 7 nitrogen and oxygen atoms in total. The molecule has 1 aromatic rings. The Morgan fingerprint density at radius 2 is 2.13 bits per heavy atom. The molecule has 2 aliphatic heterocycles. The number of rotatable bonds is 4. The van der Waals surface area contributed by atoms with Gasteiger partial charge >= 0.3 is 5.97 Å². The Hall–Kier alpha value is -1.54. The van der Waals surface area contributed by atoms with Gasteiger partial charge in [-0.25, -0.2) is 9.78 Å². The number of pyridine rings is 1.